The molecule has 1 aromatic heterocycles. The van der Waals surface area contributed by atoms with Gasteiger partial charge in [0.2, 0.25) is 0 Å². The van der Waals surface area contributed by atoms with Crippen molar-refractivity contribution in [2.75, 3.05) is 0 Å². The van der Waals surface area contributed by atoms with E-state index in [0.29, 0.717) is 0 Å². The molecule has 1 heterocycles. The van der Waals surface area contributed by atoms with Gasteiger partial charge in [0.15, 0.2) is 0 Å². The highest BCUT2D eigenvalue weighted by Crippen LogP contribution is 2.30. The minimum absolute atomic E-state index is 0.0321. The maximum absolute atomic E-state index is 12.0. The number of benzene rings is 1. The van der Waals surface area contributed by atoms with E-state index in [1.807, 2.05) is 18.2 Å². The van der Waals surface area contributed by atoms with Crippen LogP contribution in [0.3, 0.4) is 0 Å². The Labute approximate surface area is 126 Å². The number of aliphatic hydroxyl groups is 1. The molecule has 1 unspecified atom stereocenters. The highest BCUT2D eigenvalue weighted by atomic mass is 16.3. The molecule has 0 aliphatic rings. The number of imidazole rings is 1. The fraction of sp³-hybridized carbons (Fsp3) is 0.588. The fourth-order valence-electron chi connectivity index (χ4n) is 3.18. The van der Waals surface area contributed by atoms with Crippen molar-refractivity contribution in [3.8, 4) is 0 Å². The number of fused-ring (bicyclic) bond motifs is 1. The minimum atomic E-state index is -0.454. The summed E-state index contributed by atoms with van der Waals surface area (Å²) >= 11 is 0. The molecule has 2 rings (SSSR count). The van der Waals surface area contributed by atoms with Crippen molar-refractivity contribution in [3.63, 3.8) is 0 Å². The van der Waals surface area contributed by atoms with E-state index in [2.05, 4.69) is 13.8 Å². The van der Waals surface area contributed by atoms with Crippen LogP contribution in [0.5, 0.6) is 0 Å². The van der Waals surface area contributed by atoms with E-state index in [-0.39, 0.29) is 11.6 Å². The van der Waals surface area contributed by atoms with Gasteiger partial charge in [-0.3, -0.25) is 9.13 Å². The molecule has 21 heavy (non-hydrogen) atoms. The number of hydrogen-bond donors (Lipinski definition) is 1. The van der Waals surface area contributed by atoms with Gasteiger partial charge >= 0.3 is 5.69 Å². The van der Waals surface area contributed by atoms with Crippen LogP contribution in [0, 0.1) is 5.92 Å². The summed E-state index contributed by atoms with van der Waals surface area (Å²) in [7, 11) is 3.55. The second-order valence-electron chi connectivity index (χ2n) is 5.93. The monoisotopic (exact) mass is 290 g/mol. The topological polar surface area (TPSA) is 47.2 Å². The first kappa shape index (κ1) is 15.8. The van der Waals surface area contributed by atoms with Gasteiger partial charge in [0.25, 0.3) is 0 Å². The minimum Gasteiger partial charge on any atom is -0.388 e. The summed E-state index contributed by atoms with van der Waals surface area (Å²) in [6, 6.07) is 5.84. The smallest absolute Gasteiger partial charge is 0.328 e. The molecule has 1 atom stereocenters. The summed E-state index contributed by atoms with van der Waals surface area (Å²) in [5.74, 6) is 0.290. The Balaban J connectivity index is 2.42. The number of rotatable bonds is 6. The van der Waals surface area contributed by atoms with Gasteiger partial charge < -0.3 is 5.11 Å². The SMILES string of the molecule is CCCC(CCC)C(O)c1ccc2c(c1)n(C)c(=O)n2C. The van der Waals surface area contributed by atoms with Gasteiger partial charge in [-0.2, -0.15) is 0 Å². The first-order valence-corrected chi connectivity index (χ1v) is 7.84. The van der Waals surface area contributed by atoms with Crippen LogP contribution in [0.1, 0.15) is 51.2 Å². The number of aliphatic hydroxyl groups excluding tert-OH is 1. The number of aryl methyl sites for hydroxylation is 2. The van der Waals surface area contributed by atoms with Gasteiger partial charge in [0, 0.05) is 14.1 Å². The molecule has 2 aromatic rings. The van der Waals surface area contributed by atoms with Crippen LogP contribution in [-0.4, -0.2) is 14.2 Å². The molecule has 0 fully saturated rings. The summed E-state index contributed by atoms with van der Waals surface area (Å²) < 4.78 is 3.28. The predicted octanol–water partition coefficient (Wildman–Crippen LogP) is 3.13. The summed E-state index contributed by atoms with van der Waals surface area (Å²) in [6.45, 7) is 4.30. The van der Waals surface area contributed by atoms with E-state index in [1.165, 1.54) is 0 Å². The molecule has 4 nitrogen and oxygen atoms in total. The van der Waals surface area contributed by atoms with Crippen molar-refractivity contribution < 1.29 is 5.11 Å². The average molecular weight is 290 g/mol. The van der Waals surface area contributed by atoms with Gasteiger partial charge in [-0.1, -0.05) is 32.8 Å². The Morgan fingerprint density at radius 1 is 1.05 bits per heavy atom. The third-order valence-corrected chi connectivity index (χ3v) is 4.40. The summed E-state index contributed by atoms with van der Waals surface area (Å²) in [5, 5.41) is 10.7. The van der Waals surface area contributed by atoms with Crippen molar-refractivity contribution in [3.05, 3.63) is 34.2 Å². The zero-order valence-electron chi connectivity index (χ0n) is 13.5. The van der Waals surface area contributed by atoms with Crippen LogP contribution in [-0.2, 0) is 14.1 Å². The van der Waals surface area contributed by atoms with Crippen molar-refractivity contribution in [1.82, 2.24) is 9.13 Å². The van der Waals surface area contributed by atoms with E-state index in [1.54, 1.807) is 23.2 Å². The van der Waals surface area contributed by atoms with Crippen molar-refractivity contribution in [1.29, 1.82) is 0 Å². The van der Waals surface area contributed by atoms with Crippen LogP contribution < -0.4 is 5.69 Å². The maximum atomic E-state index is 12.0. The molecule has 0 radical (unpaired) electrons. The van der Waals surface area contributed by atoms with Gasteiger partial charge in [0.05, 0.1) is 17.1 Å². The Morgan fingerprint density at radius 2 is 1.62 bits per heavy atom. The lowest BCUT2D eigenvalue weighted by Crippen LogP contribution is -2.19. The van der Waals surface area contributed by atoms with Gasteiger partial charge in [0.1, 0.15) is 0 Å². The summed E-state index contributed by atoms with van der Waals surface area (Å²) in [4.78, 5) is 12.0. The van der Waals surface area contributed by atoms with E-state index in [9.17, 15) is 9.90 Å². The lowest BCUT2D eigenvalue weighted by atomic mass is 9.88. The lowest BCUT2D eigenvalue weighted by Gasteiger charge is -2.22. The number of nitrogens with zero attached hydrogens (tertiary/aromatic N) is 2. The van der Waals surface area contributed by atoms with Crippen LogP contribution >= 0.6 is 0 Å². The average Bonchev–Trinajstić information content (AvgIpc) is 2.71. The van der Waals surface area contributed by atoms with E-state index in [0.717, 1.165) is 42.3 Å². The van der Waals surface area contributed by atoms with Crippen molar-refractivity contribution >= 4 is 11.0 Å². The molecule has 116 valence electrons. The van der Waals surface area contributed by atoms with E-state index < -0.39 is 6.10 Å². The Morgan fingerprint density at radius 3 is 2.19 bits per heavy atom. The zero-order valence-corrected chi connectivity index (χ0v) is 13.5. The molecule has 0 aliphatic carbocycles. The maximum Gasteiger partial charge on any atom is 0.328 e. The van der Waals surface area contributed by atoms with Crippen LogP contribution in [0.15, 0.2) is 23.0 Å². The van der Waals surface area contributed by atoms with Crippen molar-refractivity contribution in [2.45, 2.75) is 45.6 Å². The Hall–Kier alpha value is -1.55. The molecule has 0 amide bonds. The van der Waals surface area contributed by atoms with Gasteiger partial charge in [-0.15, -0.1) is 0 Å². The largest absolute Gasteiger partial charge is 0.388 e. The van der Waals surface area contributed by atoms with E-state index >= 15 is 0 Å². The van der Waals surface area contributed by atoms with Crippen LogP contribution in [0.4, 0.5) is 0 Å². The second kappa shape index (κ2) is 6.48. The Bertz CT molecular complexity index is 663. The van der Waals surface area contributed by atoms with Crippen LogP contribution in [0.2, 0.25) is 0 Å². The number of hydrogen-bond acceptors (Lipinski definition) is 2. The summed E-state index contributed by atoms with van der Waals surface area (Å²) in [6.07, 6.45) is 3.76. The normalized spacial score (nSPS) is 13.2. The molecule has 0 bridgehead atoms. The first-order chi connectivity index (χ1) is 10.0. The number of aromatic nitrogens is 2. The molecule has 4 heteroatoms. The molecule has 0 saturated carbocycles. The quantitative estimate of drug-likeness (QED) is 0.888. The highest BCUT2D eigenvalue weighted by molar-refractivity contribution is 5.76. The molecular formula is C17H26N2O2. The summed E-state index contributed by atoms with van der Waals surface area (Å²) in [5.41, 5.74) is 2.66. The molecule has 0 saturated heterocycles. The standard InChI is InChI=1S/C17H26N2O2/c1-5-7-12(8-6-2)16(20)13-9-10-14-15(11-13)19(4)17(21)18(14)3/h9-12,16,20H,5-8H2,1-4H3. The third-order valence-electron chi connectivity index (χ3n) is 4.40. The predicted molar refractivity (Wildman–Crippen MR) is 86.4 cm³/mol. The van der Waals surface area contributed by atoms with Gasteiger partial charge in [-0.05, 0) is 36.5 Å². The molecule has 1 aromatic carbocycles. The van der Waals surface area contributed by atoms with E-state index in [4.69, 9.17) is 0 Å². The molecule has 1 N–H and O–H groups in total. The first-order valence-electron chi connectivity index (χ1n) is 7.84. The fourth-order valence-corrected chi connectivity index (χ4v) is 3.18. The molecule has 0 aliphatic heterocycles. The molecule has 0 spiro atoms. The van der Waals surface area contributed by atoms with Gasteiger partial charge in [-0.25, -0.2) is 4.79 Å². The van der Waals surface area contributed by atoms with Crippen molar-refractivity contribution in [2.24, 2.45) is 20.0 Å². The highest BCUT2D eigenvalue weighted by Gasteiger charge is 2.20. The second-order valence-corrected chi connectivity index (χ2v) is 5.93. The van der Waals surface area contributed by atoms with Crippen LogP contribution in [0.25, 0.3) is 11.0 Å². The molecular weight excluding hydrogens is 264 g/mol. The Kier molecular flexibility index (Phi) is 4.88. The lowest BCUT2D eigenvalue weighted by molar-refractivity contribution is 0.0965. The third kappa shape index (κ3) is 2.91. The zero-order chi connectivity index (χ0) is 15.6.